The molecule has 4 nitrogen and oxygen atoms in total. The smallest absolute Gasteiger partial charge is 0.222 e. The van der Waals surface area contributed by atoms with Gasteiger partial charge in [-0.05, 0) is 36.6 Å². The van der Waals surface area contributed by atoms with Crippen molar-refractivity contribution in [1.82, 2.24) is 4.90 Å². The Morgan fingerprint density at radius 3 is 2.52 bits per heavy atom. The van der Waals surface area contributed by atoms with E-state index in [4.69, 9.17) is 10.5 Å². The Kier molecular flexibility index (Phi) is 6.03. The molecule has 0 unspecified atom stereocenters. The maximum absolute atomic E-state index is 12.2. The van der Waals surface area contributed by atoms with Crippen LogP contribution in [0.25, 0.3) is 0 Å². The number of ether oxygens (including phenoxy) is 1. The van der Waals surface area contributed by atoms with E-state index in [-0.39, 0.29) is 5.91 Å². The van der Waals surface area contributed by atoms with Gasteiger partial charge in [0.25, 0.3) is 0 Å². The number of anilines is 1. The Morgan fingerprint density at radius 2 is 1.87 bits per heavy atom. The lowest BCUT2D eigenvalue weighted by molar-refractivity contribution is -0.130. The van der Waals surface area contributed by atoms with Crippen LogP contribution in [-0.2, 0) is 17.8 Å². The van der Waals surface area contributed by atoms with E-state index < -0.39 is 0 Å². The lowest BCUT2D eigenvalue weighted by Gasteiger charge is -2.17. The Labute approximate surface area is 137 Å². The van der Waals surface area contributed by atoms with E-state index in [1.54, 1.807) is 4.90 Å². The quantitative estimate of drug-likeness (QED) is 0.798. The number of hydrogen-bond donors (Lipinski definition) is 1. The summed E-state index contributed by atoms with van der Waals surface area (Å²) in [6.45, 7) is 3.14. The average molecular weight is 312 g/mol. The molecule has 0 radical (unpaired) electrons. The van der Waals surface area contributed by atoms with Gasteiger partial charge in [0.05, 0.1) is 12.3 Å². The van der Waals surface area contributed by atoms with Crippen molar-refractivity contribution in [1.29, 1.82) is 0 Å². The second-order valence-corrected chi connectivity index (χ2v) is 5.54. The number of hydrogen-bond acceptors (Lipinski definition) is 3. The third-order valence-corrected chi connectivity index (χ3v) is 3.69. The standard InChI is InChI=1S/C19H24N2O2/c1-3-23-18-11-9-15(13-17(18)20)10-12-19(22)21(2)14-16-7-5-4-6-8-16/h4-9,11,13H,3,10,12,14,20H2,1-2H3. The van der Waals surface area contributed by atoms with Gasteiger partial charge in [0, 0.05) is 20.0 Å². The number of nitrogen functional groups attached to an aromatic ring is 1. The molecule has 0 fully saturated rings. The van der Waals surface area contributed by atoms with E-state index >= 15 is 0 Å². The maximum atomic E-state index is 12.2. The third kappa shape index (κ3) is 5.02. The van der Waals surface area contributed by atoms with Crippen molar-refractivity contribution in [2.75, 3.05) is 19.4 Å². The first kappa shape index (κ1) is 16.9. The summed E-state index contributed by atoms with van der Waals surface area (Å²) in [6.07, 6.45) is 1.14. The summed E-state index contributed by atoms with van der Waals surface area (Å²) in [5, 5.41) is 0. The van der Waals surface area contributed by atoms with Crippen molar-refractivity contribution >= 4 is 11.6 Å². The van der Waals surface area contributed by atoms with Gasteiger partial charge in [-0.15, -0.1) is 0 Å². The second kappa shape index (κ2) is 8.22. The molecule has 0 bridgehead atoms. The largest absolute Gasteiger partial charge is 0.492 e. The van der Waals surface area contributed by atoms with Crippen LogP contribution in [0.3, 0.4) is 0 Å². The second-order valence-electron chi connectivity index (χ2n) is 5.54. The highest BCUT2D eigenvalue weighted by atomic mass is 16.5. The first-order valence-electron chi connectivity index (χ1n) is 7.89. The van der Waals surface area contributed by atoms with Crippen LogP contribution >= 0.6 is 0 Å². The molecule has 2 aromatic carbocycles. The minimum absolute atomic E-state index is 0.126. The van der Waals surface area contributed by atoms with Crippen LogP contribution < -0.4 is 10.5 Å². The molecule has 122 valence electrons. The van der Waals surface area contributed by atoms with Crippen LogP contribution in [-0.4, -0.2) is 24.5 Å². The van der Waals surface area contributed by atoms with Gasteiger partial charge in [0.2, 0.25) is 5.91 Å². The van der Waals surface area contributed by atoms with Gasteiger partial charge in [0.1, 0.15) is 5.75 Å². The summed E-state index contributed by atoms with van der Waals surface area (Å²) in [5.41, 5.74) is 8.76. The molecule has 23 heavy (non-hydrogen) atoms. The van der Waals surface area contributed by atoms with E-state index in [9.17, 15) is 4.79 Å². The molecule has 0 saturated carbocycles. The van der Waals surface area contributed by atoms with Crippen LogP contribution in [0.4, 0.5) is 5.69 Å². The van der Waals surface area contributed by atoms with Crippen molar-refractivity contribution in [3.05, 3.63) is 59.7 Å². The molecule has 0 spiro atoms. The summed E-state index contributed by atoms with van der Waals surface area (Å²) >= 11 is 0. The van der Waals surface area contributed by atoms with Crippen molar-refractivity contribution < 1.29 is 9.53 Å². The molecule has 0 atom stereocenters. The van der Waals surface area contributed by atoms with E-state index in [0.717, 1.165) is 11.1 Å². The molecule has 0 aromatic heterocycles. The summed E-state index contributed by atoms with van der Waals surface area (Å²) in [6, 6.07) is 15.7. The zero-order valence-corrected chi connectivity index (χ0v) is 13.8. The summed E-state index contributed by atoms with van der Waals surface area (Å²) in [5.74, 6) is 0.824. The van der Waals surface area contributed by atoms with Crippen molar-refractivity contribution in [3.63, 3.8) is 0 Å². The number of nitrogens with two attached hydrogens (primary N) is 1. The lowest BCUT2D eigenvalue weighted by Crippen LogP contribution is -2.26. The molecule has 2 rings (SSSR count). The first-order chi connectivity index (χ1) is 11.1. The molecule has 0 aliphatic heterocycles. The highest BCUT2D eigenvalue weighted by molar-refractivity contribution is 5.76. The fourth-order valence-corrected chi connectivity index (χ4v) is 2.43. The monoisotopic (exact) mass is 312 g/mol. The van der Waals surface area contributed by atoms with Crippen molar-refractivity contribution in [3.8, 4) is 5.75 Å². The molecule has 4 heteroatoms. The van der Waals surface area contributed by atoms with Gasteiger partial charge in [-0.25, -0.2) is 0 Å². The number of benzene rings is 2. The number of rotatable bonds is 7. The Hall–Kier alpha value is -2.49. The van der Waals surface area contributed by atoms with Crippen LogP contribution in [0.1, 0.15) is 24.5 Å². The molecular weight excluding hydrogens is 288 g/mol. The van der Waals surface area contributed by atoms with Gasteiger partial charge in [-0.3, -0.25) is 4.79 Å². The Bertz CT molecular complexity index is 641. The van der Waals surface area contributed by atoms with Crippen LogP contribution in [0, 0.1) is 0 Å². The highest BCUT2D eigenvalue weighted by Crippen LogP contribution is 2.23. The molecule has 2 aromatic rings. The molecule has 0 aliphatic rings. The predicted octanol–water partition coefficient (Wildman–Crippen LogP) is 3.26. The third-order valence-electron chi connectivity index (χ3n) is 3.69. The number of aryl methyl sites for hydroxylation is 1. The molecule has 1 amide bonds. The summed E-state index contributed by atoms with van der Waals surface area (Å²) in [4.78, 5) is 14.0. The number of carbonyl (C=O) groups excluding carboxylic acids is 1. The normalized spacial score (nSPS) is 10.3. The summed E-state index contributed by atoms with van der Waals surface area (Å²) in [7, 11) is 1.84. The molecule has 2 N–H and O–H groups in total. The van der Waals surface area contributed by atoms with Gasteiger partial charge in [0.15, 0.2) is 0 Å². The van der Waals surface area contributed by atoms with Gasteiger partial charge < -0.3 is 15.4 Å². The minimum Gasteiger partial charge on any atom is -0.492 e. The molecule has 0 saturated heterocycles. The lowest BCUT2D eigenvalue weighted by atomic mass is 10.1. The van der Waals surface area contributed by atoms with Crippen LogP contribution in [0.2, 0.25) is 0 Å². The fraction of sp³-hybridized carbons (Fsp3) is 0.316. The molecule has 0 aliphatic carbocycles. The fourth-order valence-electron chi connectivity index (χ4n) is 2.43. The molecule has 0 heterocycles. The van der Waals surface area contributed by atoms with E-state index in [2.05, 4.69) is 0 Å². The van der Waals surface area contributed by atoms with Crippen molar-refractivity contribution in [2.45, 2.75) is 26.3 Å². The maximum Gasteiger partial charge on any atom is 0.222 e. The van der Waals surface area contributed by atoms with Gasteiger partial charge in [-0.2, -0.15) is 0 Å². The van der Waals surface area contributed by atoms with E-state index in [0.29, 0.717) is 37.4 Å². The predicted molar refractivity (Wildman–Crippen MR) is 93.3 cm³/mol. The topological polar surface area (TPSA) is 55.6 Å². The highest BCUT2D eigenvalue weighted by Gasteiger charge is 2.10. The van der Waals surface area contributed by atoms with Crippen LogP contribution in [0.15, 0.2) is 48.5 Å². The van der Waals surface area contributed by atoms with Crippen molar-refractivity contribution in [2.24, 2.45) is 0 Å². The SMILES string of the molecule is CCOc1ccc(CCC(=O)N(C)Cc2ccccc2)cc1N. The van der Waals surface area contributed by atoms with Gasteiger partial charge in [-0.1, -0.05) is 36.4 Å². The number of nitrogens with zero attached hydrogens (tertiary/aromatic N) is 1. The summed E-state index contributed by atoms with van der Waals surface area (Å²) < 4.78 is 5.42. The van der Waals surface area contributed by atoms with E-state index in [1.807, 2.05) is 62.5 Å². The average Bonchev–Trinajstić information content (AvgIpc) is 2.56. The Morgan fingerprint density at radius 1 is 1.13 bits per heavy atom. The zero-order valence-electron chi connectivity index (χ0n) is 13.8. The first-order valence-corrected chi connectivity index (χ1v) is 7.89. The Balaban J connectivity index is 1.87. The minimum atomic E-state index is 0.126. The van der Waals surface area contributed by atoms with Crippen LogP contribution in [0.5, 0.6) is 5.75 Å². The zero-order chi connectivity index (χ0) is 16.7. The number of carbonyl (C=O) groups is 1. The number of amides is 1. The molecular formula is C19H24N2O2. The van der Waals surface area contributed by atoms with E-state index in [1.165, 1.54) is 0 Å². The van der Waals surface area contributed by atoms with Gasteiger partial charge >= 0.3 is 0 Å².